The van der Waals surface area contributed by atoms with Crippen LogP contribution in [0, 0.1) is 13.8 Å². The fourth-order valence-electron chi connectivity index (χ4n) is 4.24. The molecule has 0 aliphatic carbocycles. The van der Waals surface area contributed by atoms with Crippen molar-refractivity contribution in [1.82, 2.24) is 29.0 Å². The predicted molar refractivity (Wildman–Crippen MR) is 140 cm³/mol. The number of aromatic nitrogens is 5. The van der Waals surface area contributed by atoms with Crippen LogP contribution in [-0.2, 0) is 6.54 Å². The quantitative estimate of drug-likeness (QED) is 0.360. The molecule has 5 rings (SSSR count). The zero-order chi connectivity index (χ0) is 25.2. The number of amides is 1. The summed E-state index contributed by atoms with van der Waals surface area (Å²) in [6.07, 6.45) is 3.38. The first-order valence-corrected chi connectivity index (χ1v) is 11.8. The van der Waals surface area contributed by atoms with Gasteiger partial charge in [-0.2, -0.15) is 5.10 Å². The Morgan fingerprint density at radius 2 is 1.94 bits per heavy atom. The molecule has 184 valence electrons. The van der Waals surface area contributed by atoms with E-state index in [9.17, 15) is 4.79 Å². The highest BCUT2D eigenvalue weighted by Gasteiger charge is 2.17. The fourth-order valence-corrected chi connectivity index (χ4v) is 4.24. The Labute approximate surface area is 209 Å². The molecule has 4 heterocycles. The zero-order valence-corrected chi connectivity index (χ0v) is 20.9. The number of carbonyl (C=O) groups is 1. The Bertz CT molecular complexity index is 1550. The minimum Gasteiger partial charge on any atom is -0.492 e. The summed E-state index contributed by atoms with van der Waals surface area (Å²) in [5.74, 6) is 0.474. The number of nitrogens with one attached hydrogen (secondary N) is 1. The van der Waals surface area contributed by atoms with Crippen LogP contribution in [0.4, 0.5) is 5.69 Å². The molecule has 9 heteroatoms. The normalized spacial score (nSPS) is 11.5. The molecule has 0 spiro atoms. The van der Waals surface area contributed by atoms with Gasteiger partial charge >= 0.3 is 0 Å². The van der Waals surface area contributed by atoms with E-state index in [1.54, 1.807) is 16.8 Å². The summed E-state index contributed by atoms with van der Waals surface area (Å²) in [6, 6.07) is 15.5. The lowest BCUT2D eigenvalue weighted by Crippen LogP contribution is -2.19. The number of anilines is 1. The van der Waals surface area contributed by atoms with Crippen LogP contribution in [0.1, 0.15) is 27.6 Å². The molecule has 0 atom stereocenters. The van der Waals surface area contributed by atoms with E-state index in [2.05, 4.69) is 20.2 Å². The number of hydrogen-bond acceptors (Lipinski definition) is 6. The maximum Gasteiger partial charge on any atom is 0.274 e. The van der Waals surface area contributed by atoms with Crippen LogP contribution in [0.5, 0.6) is 5.75 Å². The third kappa shape index (κ3) is 4.78. The number of benzene rings is 1. The van der Waals surface area contributed by atoms with Gasteiger partial charge < -0.3 is 15.0 Å². The third-order valence-corrected chi connectivity index (χ3v) is 5.98. The summed E-state index contributed by atoms with van der Waals surface area (Å²) in [4.78, 5) is 24.3. The van der Waals surface area contributed by atoms with E-state index < -0.39 is 0 Å². The van der Waals surface area contributed by atoms with Gasteiger partial charge in [-0.15, -0.1) is 0 Å². The van der Waals surface area contributed by atoms with E-state index in [1.807, 2.05) is 81.2 Å². The number of nitrogens with zero attached hydrogens (tertiary/aromatic N) is 6. The second kappa shape index (κ2) is 9.79. The van der Waals surface area contributed by atoms with Crippen molar-refractivity contribution in [3.8, 4) is 5.75 Å². The van der Waals surface area contributed by atoms with Crippen LogP contribution in [0.15, 0.2) is 60.9 Å². The largest absolute Gasteiger partial charge is 0.492 e. The second-order valence-corrected chi connectivity index (χ2v) is 9.05. The molecule has 0 saturated heterocycles. The lowest BCUT2D eigenvalue weighted by molar-refractivity contribution is 0.102. The van der Waals surface area contributed by atoms with Gasteiger partial charge in [-0.25, -0.2) is 4.98 Å². The standard InChI is InChI=1S/C27H29N7O2/c1-18-7-5-8-20(29-18)17-34-23-10-6-9-22(26(23)19(2)31-34)30-27(35)24-16-28-25-15-21(11-12-33(24)25)36-14-13-32(3)4/h5-12,15-16H,13-14,17H2,1-4H3,(H,30,35). The molecule has 4 aromatic heterocycles. The van der Waals surface area contributed by atoms with Gasteiger partial charge in [-0.3, -0.25) is 18.9 Å². The highest BCUT2D eigenvalue weighted by atomic mass is 16.5. The lowest BCUT2D eigenvalue weighted by atomic mass is 10.1. The van der Waals surface area contributed by atoms with Crippen molar-refractivity contribution in [1.29, 1.82) is 0 Å². The molecule has 0 radical (unpaired) electrons. The van der Waals surface area contributed by atoms with Crippen molar-refractivity contribution in [3.05, 3.63) is 83.7 Å². The Hall–Kier alpha value is -4.24. The van der Waals surface area contributed by atoms with Gasteiger partial charge in [0.15, 0.2) is 0 Å². The molecule has 5 aromatic rings. The van der Waals surface area contributed by atoms with E-state index in [-0.39, 0.29) is 5.91 Å². The molecule has 36 heavy (non-hydrogen) atoms. The summed E-state index contributed by atoms with van der Waals surface area (Å²) < 4.78 is 9.48. The van der Waals surface area contributed by atoms with Gasteiger partial charge in [0.25, 0.3) is 5.91 Å². The first kappa shape index (κ1) is 23.5. The number of likely N-dealkylation sites (N-methyl/N-ethyl adjacent to an activating group) is 1. The molecule has 0 bridgehead atoms. The van der Waals surface area contributed by atoms with Gasteiger partial charge in [0.2, 0.25) is 0 Å². The average molecular weight is 484 g/mol. The minimum absolute atomic E-state index is 0.247. The van der Waals surface area contributed by atoms with Crippen LogP contribution < -0.4 is 10.1 Å². The van der Waals surface area contributed by atoms with Gasteiger partial charge in [-0.1, -0.05) is 12.1 Å². The Morgan fingerprint density at radius 1 is 1.11 bits per heavy atom. The van der Waals surface area contributed by atoms with E-state index in [1.165, 1.54) is 0 Å². The number of pyridine rings is 2. The third-order valence-electron chi connectivity index (χ3n) is 5.98. The maximum atomic E-state index is 13.3. The summed E-state index contributed by atoms with van der Waals surface area (Å²) >= 11 is 0. The number of imidazole rings is 1. The highest BCUT2D eigenvalue weighted by molar-refractivity contribution is 6.08. The molecule has 0 aliphatic heterocycles. The number of ether oxygens (including phenoxy) is 1. The Kier molecular flexibility index (Phi) is 6.39. The van der Waals surface area contributed by atoms with Crippen molar-refractivity contribution in [2.24, 2.45) is 0 Å². The van der Waals surface area contributed by atoms with Crippen molar-refractivity contribution in [2.45, 2.75) is 20.4 Å². The number of hydrogen-bond donors (Lipinski definition) is 1. The minimum atomic E-state index is -0.247. The molecule has 0 saturated carbocycles. The molecule has 0 unspecified atom stereocenters. The van der Waals surface area contributed by atoms with E-state index in [0.29, 0.717) is 30.2 Å². The summed E-state index contributed by atoms with van der Waals surface area (Å²) in [5.41, 5.74) is 5.47. The number of carbonyl (C=O) groups excluding carboxylic acids is 1. The summed E-state index contributed by atoms with van der Waals surface area (Å²) in [7, 11) is 4.00. The van der Waals surface area contributed by atoms with Crippen LogP contribution in [0.25, 0.3) is 16.6 Å². The van der Waals surface area contributed by atoms with Crippen molar-refractivity contribution >= 4 is 28.1 Å². The van der Waals surface area contributed by atoms with E-state index in [0.717, 1.165) is 40.3 Å². The molecule has 1 amide bonds. The lowest BCUT2D eigenvalue weighted by Gasteiger charge is -2.11. The van der Waals surface area contributed by atoms with Gasteiger partial charge in [-0.05, 0) is 58.3 Å². The molecule has 9 nitrogen and oxygen atoms in total. The van der Waals surface area contributed by atoms with Crippen molar-refractivity contribution in [3.63, 3.8) is 0 Å². The fraction of sp³-hybridized carbons (Fsp3) is 0.259. The molecule has 0 fully saturated rings. The first-order chi connectivity index (χ1) is 17.4. The van der Waals surface area contributed by atoms with Crippen molar-refractivity contribution < 1.29 is 9.53 Å². The number of rotatable bonds is 8. The topological polar surface area (TPSA) is 89.6 Å². The second-order valence-electron chi connectivity index (χ2n) is 9.05. The number of aryl methyl sites for hydroxylation is 2. The predicted octanol–water partition coefficient (Wildman–Crippen LogP) is 3.94. The van der Waals surface area contributed by atoms with Gasteiger partial charge in [0.1, 0.15) is 23.7 Å². The summed E-state index contributed by atoms with van der Waals surface area (Å²) in [6.45, 7) is 5.87. The van der Waals surface area contributed by atoms with Crippen LogP contribution in [0.3, 0.4) is 0 Å². The zero-order valence-electron chi connectivity index (χ0n) is 20.9. The van der Waals surface area contributed by atoms with Crippen LogP contribution >= 0.6 is 0 Å². The maximum absolute atomic E-state index is 13.3. The van der Waals surface area contributed by atoms with E-state index >= 15 is 0 Å². The molecular formula is C27H29N7O2. The molecule has 1 aromatic carbocycles. The average Bonchev–Trinajstić information content (AvgIpc) is 3.40. The smallest absolute Gasteiger partial charge is 0.274 e. The molecule has 0 aliphatic rings. The molecule has 1 N–H and O–H groups in total. The molecular weight excluding hydrogens is 454 g/mol. The highest BCUT2D eigenvalue weighted by Crippen LogP contribution is 2.28. The van der Waals surface area contributed by atoms with Crippen molar-refractivity contribution in [2.75, 3.05) is 32.6 Å². The van der Waals surface area contributed by atoms with Crippen LogP contribution in [0.2, 0.25) is 0 Å². The Morgan fingerprint density at radius 3 is 2.75 bits per heavy atom. The summed E-state index contributed by atoms with van der Waals surface area (Å²) in [5, 5.41) is 8.70. The van der Waals surface area contributed by atoms with Gasteiger partial charge in [0.05, 0.1) is 35.3 Å². The van der Waals surface area contributed by atoms with Gasteiger partial charge in [0, 0.05) is 29.9 Å². The number of fused-ring (bicyclic) bond motifs is 2. The van der Waals surface area contributed by atoms with E-state index in [4.69, 9.17) is 9.84 Å². The first-order valence-electron chi connectivity index (χ1n) is 11.8. The monoisotopic (exact) mass is 483 g/mol. The van der Waals surface area contributed by atoms with Crippen LogP contribution in [-0.4, -0.2) is 62.2 Å². The SMILES string of the molecule is Cc1cccc(Cn2nc(C)c3c(NC(=O)c4cnc5cc(OCCN(C)C)ccn45)cccc32)n1. The Balaban J connectivity index is 1.39.